The van der Waals surface area contributed by atoms with Gasteiger partial charge < -0.3 is 14.8 Å². The summed E-state index contributed by atoms with van der Waals surface area (Å²) in [6.45, 7) is 8.20. The van der Waals surface area contributed by atoms with Crippen molar-refractivity contribution in [3.8, 4) is 17.6 Å². The van der Waals surface area contributed by atoms with E-state index in [2.05, 4.69) is 11.9 Å². The fourth-order valence-electron chi connectivity index (χ4n) is 3.51. The summed E-state index contributed by atoms with van der Waals surface area (Å²) in [6, 6.07) is 18.2. The first-order valence-electron chi connectivity index (χ1n) is 11.3. The monoisotopic (exact) mass is 520 g/mol. The number of carbonyl (C=O) groups is 1. The molecule has 1 amide bonds. The second-order valence-corrected chi connectivity index (χ2v) is 8.74. The molecule has 0 heterocycles. The first-order valence-corrected chi connectivity index (χ1v) is 12.1. The molecule has 0 aliphatic heterocycles. The van der Waals surface area contributed by atoms with Crippen molar-refractivity contribution < 1.29 is 14.3 Å². The van der Waals surface area contributed by atoms with E-state index in [1.54, 1.807) is 30.3 Å². The molecule has 5 nitrogen and oxygen atoms in total. The van der Waals surface area contributed by atoms with Crippen LogP contribution < -0.4 is 14.8 Å². The van der Waals surface area contributed by atoms with Gasteiger partial charge in [0.1, 0.15) is 18.2 Å². The molecule has 0 aliphatic carbocycles. The van der Waals surface area contributed by atoms with Crippen LogP contribution >= 0.6 is 23.2 Å². The Bertz CT molecular complexity index is 1340. The summed E-state index contributed by atoms with van der Waals surface area (Å²) >= 11 is 12.3. The molecule has 0 bridgehead atoms. The minimum absolute atomic E-state index is 0.0353. The summed E-state index contributed by atoms with van der Waals surface area (Å²) in [6.07, 6.45) is 3.77. The molecule has 0 spiro atoms. The molecule has 184 valence electrons. The van der Waals surface area contributed by atoms with Crippen LogP contribution in [0.5, 0.6) is 11.5 Å². The fourth-order valence-corrected chi connectivity index (χ4v) is 3.97. The number of anilines is 1. The number of para-hydroxylation sites is 1. The molecule has 0 unspecified atom stereocenters. The van der Waals surface area contributed by atoms with Crippen LogP contribution in [0.3, 0.4) is 0 Å². The predicted octanol–water partition coefficient (Wildman–Crippen LogP) is 7.55. The van der Waals surface area contributed by atoms with Gasteiger partial charge in [-0.05, 0) is 67.8 Å². The largest absolute Gasteiger partial charge is 0.490 e. The lowest BCUT2D eigenvalue weighted by atomic mass is 10.0. The number of hydrogen-bond donors (Lipinski definition) is 1. The maximum atomic E-state index is 12.8. The lowest BCUT2D eigenvalue weighted by Crippen LogP contribution is -2.14. The smallest absolute Gasteiger partial charge is 0.266 e. The lowest BCUT2D eigenvalue weighted by molar-refractivity contribution is -0.112. The van der Waals surface area contributed by atoms with E-state index in [0.29, 0.717) is 45.8 Å². The van der Waals surface area contributed by atoms with Gasteiger partial charge in [-0.25, -0.2) is 0 Å². The maximum Gasteiger partial charge on any atom is 0.266 e. The molecule has 3 aromatic rings. The van der Waals surface area contributed by atoms with Crippen LogP contribution in [-0.2, 0) is 17.8 Å². The minimum Gasteiger partial charge on any atom is -0.490 e. The number of rotatable bonds is 10. The van der Waals surface area contributed by atoms with Crippen molar-refractivity contribution >= 4 is 40.9 Å². The van der Waals surface area contributed by atoms with Crippen molar-refractivity contribution in [3.63, 3.8) is 0 Å². The molecule has 36 heavy (non-hydrogen) atoms. The number of nitrogens with one attached hydrogen (secondary N) is 1. The molecule has 1 N–H and O–H groups in total. The fraction of sp³-hybridized carbons (Fsp3) is 0.172. The Kier molecular flexibility index (Phi) is 9.58. The van der Waals surface area contributed by atoms with Gasteiger partial charge in [0.15, 0.2) is 11.5 Å². The average Bonchev–Trinajstić information content (AvgIpc) is 2.84. The van der Waals surface area contributed by atoms with Gasteiger partial charge in [-0.15, -0.1) is 6.58 Å². The summed E-state index contributed by atoms with van der Waals surface area (Å²) < 4.78 is 12.0. The summed E-state index contributed by atoms with van der Waals surface area (Å²) in [5, 5.41) is 13.5. The quantitative estimate of drug-likeness (QED) is 0.170. The number of allylic oxidation sites excluding steroid dienone is 1. The Hall–Kier alpha value is -3.72. The highest BCUT2D eigenvalue weighted by Gasteiger charge is 2.16. The summed E-state index contributed by atoms with van der Waals surface area (Å²) in [5.74, 6) is 0.542. The predicted molar refractivity (Wildman–Crippen MR) is 146 cm³/mol. The topological polar surface area (TPSA) is 71.4 Å². The highest BCUT2D eigenvalue weighted by Crippen LogP contribution is 2.36. The molecule has 0 saturated heterocycles. The first-order chi connectivity index (χ1) is 17.4. The summed E-state index contributed by atoms with van der Waals surface area (Å²) in [7, 11) is 0. The van der Waals surface area contributed by atoms with Crippen molar-refractivity contribution in [2.45, 2.75) is 26.9 Å². The van der Waals surface area contributed by atoms with E-state index >= 15 is 0 Å². The first kappa shape index (κ1) is 26.9. The molecule has 3 aromatic carbocycles. The van der Waals surface area contributed by atoms with Crippen molar-refractivity contribution in [1.82, 2.24) is 0 Å². The number of amides is 1. The SMILES string of the molecule is C=CCc1cc(/C=C(\C#N)C(=O)Nc2ccccc2C)cc(OCC)c1OCc1ccc(Cl)cc1Cl. The van der Waals surface area contributed by atoms with E-state index in [1.807, 2.05) is 50.2 Å². The van der Waals surface area contributed by atoms with Crippen LogP contribution in [0.1, 0.15) is 29.2 Å². The van der Waals surface area contributed by atoms with Gasteiger partial charge >= 0.3 is 0 Å². The Morgan fingerprint density at radius 1 is 1.11 bits per heavy atom. The van der Waals surface area contributed by atoms with E-state index in [4.69, 9.17) is 32.7 Å². The van der Waals surface area contributed by atoms with Crippen molar-refractivity contribution in [1.29, 1.82) is 5.26 Å². The molecule has 0 atom stereocenters. The molecular weight excluding hydrogens is 495 g/mol. The number of aryl methyl sites for hydroxylation is 1. The Morgan fingerprint density at radius 3 is 2.56 bits per heavy atom. The number of carbonyl (C=O) groups excluding carboxylic acids is 1. The van der Waals surface area contributed by atoms with Crippen LogP contribution in [0.2, 0.25) is 10.0 Å². The molecule has 0 radical (unpaired) electrons. The van der Waals surface area contributed by atoms with Gasteiger partial charge in [-0.3, -0.25) is 4.79 Å². The molecule has 3 rings (SSSR count). The number of hydrogen-bond acceptors (Lipinski definition) is 4. The van der Waals surface area contributed by atoms with E-state index in [0.717, 1.165) is 16.7 Å². The second kappa shape index (κ2) is 12.8. The summed E-state index contributed by atoms with van der Waals surface area (Å²) in [5.41, 5.74) is 3.71. The van der Waals surface area contributed by atoms with Gasteiger partial charge in [0, 0.05) is 26.9 Å². The maximum absolute atomic E-state index is 12.8. The second-order valence-electron chi connectivity index (χ2n) is 7.90. The van der Waals surface area contributed by atoms with Crippen LogP contribution in [0.25, 0.3) is 6.08 Å². The Balaban J connectivity index is 1.95. The zero-order chi connectivity index (χ0) is 26.1. The van der Waals surface area contributed by atoms with Crippen molar-refractivity contribution in [2.24, 2.45) is 0 Å². The van der Waals surface area contributed by atoms with E-state index < -0.39 is 5.91 Å². The number of nitrogens with zero attached hydrogens (tertiary/aromatic N) is 1. The molecule has 0 saturated carbocycles. The molecular formula is C29H26Cl2N2O3. The van der Waals surface area contributed by atoms with Crippen LogP contribution in [0.4, 0.5) is 5.69 Å². The van der Waals surface area contributed by atoms with Gasteiger partial charge in [0.2, 0.25) is 0 Å². The Labute approximate surface area is 221 Å². The average molecular weight is 521 g/mol. The minimum atomic E-state index is -0.493. The zero-order valence-corrected chi connectivity index (χ0v) is 21.6. The van der Waals surface area contributed by atoms with Crippen LogP contribution in [0.15, 0.2) is 72.8 Å². The lowest BCUT2D eigenvalue weighted by Gasteiger charge is -2.17. The van der Waals surface area contributed by atoms with Gasteiger partial charge in [-0.1, -0.05) is 53.5 Å². The normalized spacial score (nSPS) is 10.9. The molecule has 7 heteroatoms. The van der Waals surface area contributed by atoms with Crippen LogP contribution in [0, 0.1) is 18.3 Å². The van der Waals surface area contributed by atoms with Gasteiger partial charge in [-0.2, -0.15) is 5.26 Å². The van der Waals surface area contributed by atoms with Gasteiger partial charge in [0.05, 0.1) is 6.61 Å². The number of nitriles is 1. The van der Waals surface area contributed by atoms with E-state index in [-0.39, 0.29) is 12.2 Å². The standard InChI is InChI=1S/C29H26Cl2N2O3/c1-4-8-21-13-20(14-23(17-32)29(34)33-26-10-7-6-9-19(26)3)15-27(35-5-2)28(21)36-18-22-11-12-24(30)16-25(22)31/h4,6-7,9-16H,1,5,8,18H2,2-3H3,(H,33,34)/b23-14+. The Morgan fingerprint density at radius 2 is 1.89 bits per heavy atom. The number of halogens is 2. The van der Waals surface area contributed by atoms with Crippen molar-refractivity contribution in [3.05, 3.63) is 105 Å². The molecule has 0 aromatic heterocycles. The van der Waals surface area contributed by atoms with Crippen LogP contribution in [-0.4, -0.2) is 12.5 Å². The highest BCUT2D eigenvalue weighted by atomic mass is 35.5. The number of benzene rings is 3. The number of ether oxygens (including phenoxy) is 2. The van der Waals surface area contributed by atoms with Crippen molar-refractivity contribution in [2.75, 3.05) is 11.9 Å². The molecule has 0 aliphatic rings. The zero-order valence-electron chi connectivity index (χ0n) is 20.1. The molecule has 0 fully saturated rings. The third-order valence-corrected chi connectivity index (χ3v) is 5.86. The van der Waals surface area contributed by atoms with E-state index in [1.165, 1.54) is 6.08 Å². The third kappa shape index (κ3) is 6.91. The van der Waals surface area contributed by atoms with E-state index in [9.17, 15) is 10.1 Å². The summed E-state index contributed by atoms with van der Waals surface area (Å²) in [4.78, 5) is 12.8. The van der Waals surface area contributed by atoms with Gasteiger partial charge in [0.25, 0.3) is 5.91 Å². The highest BCUT2D eigenvalue weighted by molar-refractivity contribution is 6.35. The third-order valence-electron chi connectivity index (χ3n) is 5.27.